The van der Waals surface area contributed by atoms with Crippen LogP contribution in [-0.4, -0.2) is 37.5 Å². The molecule has 0 radical (unpaired) electrons. The number of nitrogens with one attached hydrogen (secondary N) is 1. The van der Waals surface area contributed by atoms with Crippen molar-refractivity contribution in [2.24, 2.45) is 5.73 Å². The standard InChI is InChI=1S/C13H20FN3O.2ClH/c1-9(15)13(18)16-8-12(17(2)3)10-4-6-11(14)7-5-10;;/h4-7,9,12H,8,15H2,1-3H3,(H,16,18);2*1H/t9-,12?;;/m1../s1. The first-order chi connectivity index (χ1) is 8.41. The summed E-state index contributed by atoms with van der Waals surface area (Å²) in [6.07, 6.45) is 0. The fourth-order valence-electron chi connectivity index (χ4n) is 1.64. The van der Waals surface area contributed by atoms with Gasteiger partial charge in [-0.15, -0.1) is 24.8 Å². The average Bonchev–Trinajstić information content (AvgIpc) is 2.30. The van der Waals surface area contributed by atoms with Crippen molar-refractivity contribution in [2.45, 2.75) is 19.0 Å². The van der Waals surface area contributed by atoms with Crippen LogP contribution in [0.15, 0.2) is 24.3 Å². The zero-order chi connectivity index (χ0) is 13.7. The van der Waals surface area contributed by atoms with Gasteiger partial charge in [0, 0.05) is 6.54 Å². The summed E-state index contributed by atoms with van der Waals surface area (Å²) in [4.78, 5) is 13.4. The third-order valence-corrected chi connectivity index (χ3v) is 2.76. The highest BCUT2D eigenvalue weighted by Gasteiger charge is 2.16. The van der Waals surface area contributed by atoms with Gasteiger partial charge >= 0.3 is 0 Å². The molecule has 4 nitrogen and oxygen atoms in total. The number of rotatable bonds is 5. The van der Waals surface area contributed by atoms with Gasteiger partial charge in [0.1, 0.15) is 5.82 Å². The summed E-state index contributed by atoms with van der Waals surface area (Å²) >= 11 is 0. The van der Waals surface area contributed by atoms with E-state index in [2.05, 4.69) is 5.32 Å². The maximum Gasteiger partial charge on any atom is 0.236 e. The first-order valence-corrected chi connectivity index (χ1v) is 5.87. The summed E-state index contributed by atoms with van der Waals surface area (Å²) in [7, 11) is 3.82. The SMILES string of the molecule is C[C@@H](N)C(=O)NCC(c1ccc(F)cc1)N(C)C.Cl.Cl. The second-order valence-corrected chi connectivity index (χ2v) is 4.56. The van der Waals surface area contributed by atoms with E-state index in [0.717, 1.165) is 5.56 Å². The van der Waals surface area contributed by atoms with Crippen LogP contribution in [0.5, 0.6) is 0 Å². The topological polar surface area (TPSA) is 58.4 Å². The Labute approximate surface area is 131 Å². The van der Waals surface area contributed by atoms with Crippen molar-refractivity contribution in [1.82, 2.24) is 10.2 Å². The molecule has 1 amide bonds. The van der Waals surface area contributed by atoms with Gasteiger partial charge in [0.05, 0.1) is 12.1 Å². The molecule has 0 bridgehead atoms. The lowest BCUT2D eigenvalue weighted by Crippen LogP contribution is -2.42. The van der Waals surface area contributed by atoms with E-state index < -0.39 is 6.04 Å². The summed E-state index contributed by atoms with van der Waals surface area (Å²) < 4.78 is 12.9. The first-order valence-electron chi connectivity index (χ1n) is 5.87. The zero-order valence-electron chi connectivity index (χ0n) is 11.8. The largest absolute Gasteiger partial charge is 0.353 e. The molecule has 7 heteroatoms. The Bertz CT molecular complexity index is 399. The molecule has 1 unspecified atom stereocenters. The van der Waals surface area contributed by atoms with Gasteiger partial charge in [-0.05, 0) is 38.7 Å². The number of hydrogen-bond donors (Lipinski definition) is 2. The van der Waals surface area contributed by atoms with E-state index in [0.29, 0.717) is 6.54 Å². The van der Waals surface area contributed by atoms with E-state index in [1.807, 2.05) is 19.0 Å². The van der Waals surface area contributed by atoms with Crippen LogP contribution in [0.1, 0.15) is 18.5 Å². The molecular formula is C13H22Cl2FN3O. The van der Waals surface area contributed by atoms with Crippen molar-refractivity contribution < 1.29 is 9.18 Å². The number of benzene rings is 1. The van der Waals surface area contributed by atoms with Gasteiger partial charge in [-0.2, -0.15) is 0 Å². The number of nitrogens with zero attached hydrogens (tertiary/aromatic N) is 1. The second kappa shape index (κ2) is 9.94. The van der Waals surface area contributed by atoms with Crippen molar-refractivity contribution in [3.05, 3.63) is 35.6 Å². The monoisotopic (exact) mass is 325 g/mol. The maximum atomic E-state index is 12.9. The molecule has 0 aromatic heterocycles. The minimum atomic E-state index is -0.527. The molecule has 0 aliphatic rings. The third kappa shape index (κ3) is 6.52. The van der Waals surface area contributed by atoms with Crippen molar-refractivity contribution in [3.8, 4) is 0 Å². The summed E-state index contributed by atoms with van der Waals surface area (Å²) in [5.74, 6) is -0.458. The molecule has 0 fully saturated rings. The number of halogens is 3. The fourth-order valence-corrected chi connectivity index (χ4v) is 1.64. The molecule has 0 aliphatic carbocycles. The highest BCUT2D eigenvalue weighted by molar-refractivity contribution is 5.85. The molecule has 3 N–H and O–H groups in total. The number of carbonyl (C=O) groups is 1. The van der Waals surface area contributed by atoms with Crippen molar-refractivity contribution in [1.29, 1.82) is 0 Å². The Morgan fingerprint density at radius 2 is 1.80 bits per heavy atom. The highest BCUT2D eigenvalue weighted by atomic mass is 35.5. The normalized spacial score (nSPS) is 12.9. The van der Waals surface area contributed by atoms with Gasteiger partial charge in [0.25, 0.3) is 0 Å². The average molecular weight is 326 g/mol. The van der Waals surface area contributed by atoms with Crippen LogP contribution >= 0.6 is 24.8 Å². The lowest BCUT2D eigenvalue weighted by atomic mass is 10.1. The van der Waals surface area contributed by atoms with E-state index >= 15 is 0 Å². The molecule has 0 heterocycles. The van der Waals surface area contributed by atoms with Crippen LogP contribution in [0.4, 0.5) is 4.39 Å². The highest BCUT2D eigenvalue weighted by Crippen LogP contribution is 2.17. The number of amides is 1. The summed E-state index contributed by atoms with van der Waals surface area (Å²) in [5.41, 5.74) is 6.43. The number of carbonyl (C=O) groups excluding carboxylic acids is 1. The Kier molecular flexibility index (Phi) is 10.6. The molecule has 1 aromatic carbocycles. The lowest BCUT2D eigenvalue weighted by Gasteiger charge is -2.25. The van der Waals surface area contributed by atoms with Gasteiger partial charge in [-0.1, -0.05) is 12.1 Å². The Morgan fingerprint density at radius 3 is 2.20 bits per heavy atom. The zero-order valence-corrected chi connectivity index (χ0v) is 13.4. The molecule has 0 spiro atoms. The number of nitrogens with two attached hydrogens (primary N) is 1. The minimum Gasteiger partial charge on any atom is -0.353 e. The van der Waals surface area contributed by atoms with Crippen molar-refractivity contribution in [2.75, 3.05) is 20.6 Å². The molecule has 116 valence electrons. The number of hydrogen-bond acceptors (Lipinski definition) is 3. The third-order valence-electron chi connectivity index (χ3n) is 2.76. The predicted molar refractivity (Wildman–Crippen MR) is 84.0 cm³/mol. The van der Waals surface area contributed by atoms with Gasteiger partial charge in [0.15, 0.2) is 0 Å². The smallest absolute Gasteiger partial charge is 0.236 e. The van der Waals surface area contributed by atoms with Crippen molar-refractivity contribution in [3.63, 3.8) is 0 Å². The van der Waals surface area contributed by atoms with Crippen LogP contribution < -0.4 is 11.1 Å². The van der Waals surface area contributed by atoms with Crippen LogP contribution in [0, 0.1) is 5.82 Å². The Morgan fingerprint density at radius 1 is 1.30 bits per heavy atom. The van der Waals surface area contributed by atoms with Crippen LogP contribution in [0.25, 0.3) is 0 Å². The summed E-state index contributed by atoms with van der Waals surface area (Å²) in [5, 5.41) is 2.78. The molecule has 1 rings (SSSR count). The van der Waals surface area contributed by atoms with Gasteiger partial charge in [-0.25, -0.2) is 4.39 Å². The molecule has 0 saturated heterocycles. The van der Waals surface area contributed by atoms with E-state index in [4.69, 9.17) is 5.73 Å². The quantitative estimate of drug-likeness (QED) is 0.866. The van der Waals surface area contributed by atoms with Crippen LogP contribution in [0.2, 0.25) is 0 Å². The van der Waals surface area contributed by atoms with Gasteiger partial charge in [-0.3, -0.25) is 4.79 Å². The van der Waals surface area contributed by atoms with Crippen molar-refractivity contribution >= 4 is 30.7 Å². The summed E-state index contributed by atoms with van der Waals surface area (Å²) in [6.45, 7) is 2.08. The predicted octanol–water partition coefficient (Wildman–Crippen LogP) is 1.74. The van der Waals surface area contributed by atoms with E-state index in [-0.39, 0.29) is 42.6 Å². The molecular weight excluding hydrogens is 304 g/mol. The van der Waals surface area contributed by atoms with Gasteiger partial charge in [0.2, 0.25) is 5.91 Å². The summed E-state index contributed by atoms with van der Waals surface area (Å²) in [6, 6.07) is 5.74. The maximum absolute atomic E-state index is 12.9. The van der Waals surface area contributed by atoms with E-state index in [1.165, 1.54) is 12.1 Å². The molecule has 0 aliphatic heterocycles. The number of likely N-dealkylation sites (N-methyl/N-ethyl adjacent to an activating group) is 1. The molecule has 0 saturated carbocycles. The van der Waals surface area contributed by atoms with Crippen LogP contribution in [-0.2, 0) is 4.79 Å². The van der Waals surface area contributed by atoms with Gasteiger partial charge < -0.3 is 16.0 Å². The van der Waals surface area contributed by atoms with E-state index in [1.54, 1.807) is 19.1 Å². The molecule has 2 atom stereocenters. The Balaban J connectivity index is 0. The fraction of sp³-hybridized carbons (Fsp3) is 0.462. The second-order valence-electron chi connectivity index (χ2n) is 4.56. The van der Waals surface area contributed by atoms with Crippen LogP contribution in [0.3, 0.4) is 0 Å². The first kappa shape index (κ1) is 21.4. The Hall–Kier alpha value is -0.880. The molecule has 1 aromatic rings. The minimum absolute atomic E-state index is 0. The van der Waals surface area contributed by atoms with E-state index in [9.17, 15) is 9.18 Å². The molecule has 20 heavy (non-hydrogen) atoms. The lowest BCUT2D eigenvalue weighted by molar-refractivity contribution is -0.122.